The van der Waals surface area contributed by atoms with E-state index in [2.05, 4.69) is 20.8 Å². The molecule has 43 heavy (non-hydrogen) atoms. The highest BCUT2D eigenvalue weighted by atomic mass is 32.2. The van der Waals surface area contributed by atoms with Crippen LogP contribution in [0.5, 0.6) is 17.2 Å². The fourth-order valence-corrected chi connectivity index (χ4v) is 4.74. The van der Waals surface area contributed by atoms with Crippen LogP contribution >= 0.6 is 11.8 Å². The summed E-state index contributed by atoms with van der Waals surface area (Å²) in [5.41, 5.74) is 1.90. The summed E-state index contributed by atoms with van der Waals surface area (Å²) in [6.07, 6.45) is 0. The molecule has 0 atom stereocenters. The summed E-state index contributed by atoms with van der Waals surface area (Å²) in [7, 11) is 4.61. The van der Waals surface area contributed by atoms with Crippen LogP contribution < -0.4 is 24.8 Å². The highest BCUT2D eigenvalue weighted by Gasteiger charge is 2.21. The molecule has 2 amide bonds. The first-order chi connectivity index (χ1) is 20.9. The summed E-state index contributed by atoms with van der Waals surface area (Å²) in [4.78, 5) is 37.6. The van der Waals surface area contributed by atoms with Gasteiger partial charge in [0, 0.05) is 17.3 Å². The van der Waals surface area contributed by atoms with Gasteiger partial charge in [-0.15, -0.1) is 10.2 Å². The molecular weight excluding hydrogens is 574 g/mol. The van der Waals surface area contributed by atoms with E-state index < -0.39 is 5.97 Å². The normalized spacial score (nSPS) is 10.5. The molecule has 0 radical (unpaired) electrons. The van der Waals surface area contributed by atoms with Crippen LogP contribution in [0.1, 0.15) is 33.5 Å². The lowest BCUT2D eigenvalue weighted by atomic mass is 10.2. The lowest BCUT2D eigenvalue weighted by Crippen LogP contribution is -2.24. The van der Waals surface area contributed by atoms with Crippen molar-refractivity contribution in [3.05, 3.63) is 83.7 Å². The Bertz CT molecular complexity index is 1590. The van der Waals surface area contributed by atoms with E-state index in [0.717, 1.165) is 11.8 Å². The zero-order chi connectivity index (χ0) is 30.8. The zero-order valence-electron chi connectivity index (χ0n) is 24.1. The molecule has 12 nitrogen and oxygen atoms in total. The third kappa shape index (κ3) is 7.83. The Kier molecular flexibility index (Phi) is 10.6. The Morgan fingerprint density at radius 1 is 0.860 bits per heavy atom. The minimum absolute atomic E-state index is 0.000212. The average molecular weight is 606 g/mol. The highest BCUT2D eigenvalue weighted by Crippen LogP contribution is 2.32. The molecule has 2 N–H and O–H groups in total. The van der Waals surface area contributed by atoms with Crippen LogP contribution in [0.25, 0.3) is 5.69 Å². The van der Waals surface area contributed by atoms with Crippen LogP contribution in [0, 0.1) is 0 Å². The molecule has 0 saturated carbocycles. The molecule has 4 aromatic rings. The van der Waals surface area contributed by atoms with Gasteiger partial charge < -0.3 is 29.6 Å². The molecule has 0 bridgehead atoms. The number of ether oxygens (including phenoxy) is 4. The minimum Gasteiger partial charge on any atom is -0.497 e. The van der Waals surface area contributed by atoms with E-state index in [1.165, 1.54) is 14.2 Å². The summed E-state index contributed by atoms with van der Waals surface area (Å²) in [6, 6.07) is 18.5. The molecular formula is C30H31N5O7S. The maximum atomic E-state index is 12.9. The average Bonchev–Trinajstić information content (AvgIpc) is 3.45. The number of nitrogens with zero attached hydrogens (tertiary/aromatic N) is 3. The number of esters is 1. The van der Waals surface area contributed by atoms with E-state index in [-0.39, 0.29) is 30.7 Å². The number of carbonyl (C=O) groups is 3. The molecule has 0 fully saturated rings. The molecule has 4 rings (SSSR count). The first kappa shape index (κ1) is 30.9. The quantitative estimate of drug-likeness (QED) is 0.169. The fraction of sp³-hybridized carbons (Fsp3) is 0.233. The highest BCUT2D eigenvalue weighted by molar-refractivity contribution is 7.99. The molecule has 0 aliphatic carbocycles. The number of methoxy groups -OCH3 is 3. The summed E-state index contributed by atoms with van der Waals surface area (Å²) >= 11 is 1.15. The van der Waals surface area contributed by atoms with E-state index in [1.54, 1.807) is 85.3 Å². The van der Waals surface area contributed by atoms with Gasteiger partial charge in [0.25, 0.3) is 5.91 Å². The van der Waals surface area contributed by atoms with E-state index in [0.29, 0.717) is 50.7 Å². The van der Waals surface area contributed by atoms with Gasteiger partial charge in [-0.25, -0.2) is 4.79 Å². The van der Waals surface area contributed by atoms with Gasteiger partial charge in [-0.1, -0.05) is 17.8 Å². The Hall–Kier alpha value is -5.04. The number of benzene rings is 3. The number of hydrogen-bond acceptors (Lipinski definition) is 10. The summed E-state index contributed by atoms with van der Waals surface area (Å²) in [6.45, 7) is 2.04. The van der Waals surface area contributed by atoms with Gasteiger partial charge in [0.1, 0.15) is 17.2 Å². The van der Waals surface area contributed by atoms with Gasteiger partial charge in [-0.2, -0.15) is 0 Å². The molecule has 0 unspecified atom stereocenters. The lowest BCUT2D eigenvalue weighted by molar-refractivity contribution is -0.113. The van der Waals surface area contributed by atoms with Crippen molar-refractivity contribution >= 4 is 35.2 Å². The van der Waals surface area contributed by atoms with Crippen molar-refractivity contribution in [3.63, 3.8) is 0 Å². The lowest BCUT2D eigenvalue weighted by Gasteiger charge is -2.15. The van der Waals surface area contributed by atoms with Crippen LogP contribution in [0.2, 0.25) is 0 Å². The summed E-state index contributed by atoms with van der Waals surface area (Å²) < 4.78 is 22.9. The van der Waals surface area contributed by atoms with Gasteiger partial charge in [0.15, 0.2) is 11.0 Å². The predicted molar refractivity (Wildman–Crippen MR) is 160 cm³/mol. The van der Waals surface area contributed by atoms with Gasteiger partial charge in [-0.3, -0.25) is 14.2 Å². The van der Waals surface area contributed by atoms with Crippen molar-refractivity contribution < 1.29 is 33.3 Å². The molecule has 1 aromatic heterocycles. The van der Waals surface area contributed by atoms with E-state index in [1.807, 2.05) is 0 Å². The van der Waals surface area contributed by atoms with Crippen molar-refractivity contribution in [1.82, 2.24) is 20.1 Å². The number of hydrogen-bond donors (Lipinski definition) is 2. The second kappa shape index (κ2) is 14.7. The Balaban J connectivity index is 1.54. The maximum Gasteiger partial charge on any atom is 0.338 e. The first-order valence-electron chi connectivity index (χ1n) is 13.2. The number of anilines is 1. The molecule has 0 aliphatic heterocycles. The van der Waals surface area contributed by atoms with Crippen LogP contribution in [-0.2, 0) is 16.1 Å². The molecule has 224 valence electrons. The van der Waals surface area contributed by atoms with Crippen LogP contribution in [-0.4, -0.2) is 66.2 Å². The van der Waals surface area contributed by atoms with Crippen LogP contribution in [0.15, 0.2) is 71.9 Å². The molecule has 13 heteroatoms. The second-order valence-electron chi connectivity index (χ2n) is 8.82. The number of rotatable bonds is 13. The number of nitrogens with one attached hydrogen (secondary N) is 2. The SMILES string of the molecule is CCOC(=O)c1ccc(NC(=O)CSc2nnc(CNC(=O)c3cccc(OC)c3)n2-c2cc(OC)ccc2OC)cc1. The summed E-state index contributed by atoms with van der Waals surface area (Å²) in [5, 5.41) is 14.7. The maximum absolute atomic E-state index is 12.9. The number of carbonyl (C=O) groups excluding carboxylic acids is 3. The third-order valence-electron chi connectivity index (χ3n) is 6.08. The fourth-order valence-electron chi connectivity index (χ4n) is 3.98. The van der Waals surface area contributed by atoms with E-state index in [4.69, 9.17) is 18.9 Å². The largest absolute Gasteiger partial charge is 0.497 e. The van der Waals surface area contributed by atoms with Crippen molar-refractivity contribution in [2.45, 2.75) is 18.6 Å². The summed E-state index contributed by atoms with van der Waals surface area (Å²) in [5.74, 6) is 0.982. The van der Waals surface area contributed by atoms with E-state index >= 15 is 0 Å². The van der Waals surface area contributed by atoms with Gasteiger partial charge in [0.05, 0.1) is 51.5 Å². The second-order valence-corrected chi connectivity index (χ2v) is 9.76. The molecule has 3 aromatic carbocycles. The zero-order valence-corrected chi connectivity index (χ0v) is 24.9. The molecule has 0 spiro atoms. The first-order valence-corrected chi connectivity index (χ1v) is 14.1. The van der Waals surface area contributed by atoms with Crippen LogP contribution in [0.4, 0.5) is 5.69 Å². The number of amides is 2. The molecule has 1 heterocycles. The topological polar surface area (TPSA) is 143 Å². The van der Waals surface area contributed by atoms with Gasteiger partial charge in [-0.05, 0) is 61.5 Å². The molecule has 0 saturated heterocycles. The third-order valence-corrected chi connectivity index (χ3v) is 7.01. The van der Waals surface area contributed by atoms with Crippen molar-refractivity contribution in [3.8, 4) is 22.9 Å². The van der Waals surface area contributed by atoms with Crippen molar-refractivity contribution in [2.24, 2.45) is 0 Å². The Morgan fingerprint density at radius 3 is 2.30 bits per heavy atom. The smallest absolute Gasteiger partial charge is 0.338 e. The predicted octanol–water partition coefficient (Wildman–Crippen LogP) is 4.13. The van der Waals surface area contributed by atoms with Gasteiger partial charge in [0.2, 0.25) is 5.91 Å². The van der Waals surface area contributed by atoms with Crippen LogP contribution in [0.3, 0.4) is 0 Å². The standard InChI is InChI=1S/C30H31N5O7S/c1-5-42-29(38)19-9-11-21(12-10-19)32-27(36)18-43-30-34-33-26(17-31-28(37)20-7-6-8-22(15-20)39-2)35(30)24-16-23(40-3)13-14-25(24)41-4/h6-16H,5,17-18H2,1-4H3,(H,31,37)(H,32,36). The minimum atomic E-state index is -0.432. The van der Waals surface area contributed by atoms with Gasteiger partial charge >= 0.3 is 5.97 Å². The Labute approximate surface area is 252 Å². The molecule has 0 aliphatic rings. The Morgan fingerprint density at radius 2 is 1.60 bits per heavy atom. The monoisotopic (exact) mass is 605 g/mol. The number of aromatic nitrogens is 3. The van der Waals surface area contributed by atoms with Crippen molar-refractivity contribution in [2.75, 3.05) is 39.0 Å². The van der Waals surface area contributed by atoms with E-state index in [9.17, 15) is 14.4 Å². The number of thioether (sulfide) groups is 1. The van der Waals surface area contributed by atoms with Crippen molar-refractivity contribution in [1.29, 1.82) is 0 Å².